The Labute approximate surface area is 132 Å². The highest BCUT2D eigenvalue weighted by Crippen LogP contribution is 2.48. The summed E-state index contributed by atoms with van der Waals surface area (Å²) in [4.78, 5) is 1.51. The first kappa shape index (κ1) is 17.3. The average molecular weight is 307 g/mol. The fraction of sp³-hybridized carbons (Fsp3) is 0.625. The van der Waals surface area contributed by atoms with Gasteiger partial charge in [0.2, 0.25) is 0 Å². The van der Waals surface area contributed by atoms with Gasteiger partial charge in [-0.3, -0.25) is 4.90 Å². The molecule has 0 spiro atoms. The van der Waals surface area contributed by atoms with Gasteiger partial charge in [-0.05, 0) is 44.6 Å². The topological polar surface area (TPSA) is 84.2 Å². The minimum absolute atomic E-state index is 0.0752. The van der Waals surface area contributed by atoms with Gasteiger partial charge in [0, 0.05) is 0 Å². The second-order valence-electron chi connectivity index (χ2n) is 6.76. The van der Waals surface area contributed by atoms with E-state index < -0.39 is 16.8 Å². The highest BCUT2D eigenvalue weighted by atomic mass is 16.4. The van der Waals surface area contributed by atoms with Crippen LogP contribution in [0.3, 0.4) is 0 Å². The maximum Gasteiger partial charge on any atom is 0.166 e. The Bertz CT molecular complexity index is 511. The van der Waals surface area contributed by atoms with Crippen LogP contribution in [-0.2, 0) is 5.60 Å². The molecule has 1 aromatic carbocycles. The van der Waals surface area contributed by atoms with Gasteiger partial charge in [0.1, 0.15) is 17.0 Å². The molecule has 5 nitrogen and oxygen atoms in total. The fourth-order valence-electron chi connectivity index (χ4n) is 3.51. The summed E-state index contributed by atoms with van der Waals surface area (Å²) in [5.74, 6) is 0.0752. The Morgan fingerprint density at radius 2 is 1.55 bits per heavy atom. The van der Waals surface area contributed by atoms with E-state index in [9.17, 15) is 20.4 Å². The summed E-state index contributed by atoms with van der Waals surface area (Å²) in [6.07, 6.45) is 3.47. The van der Waals surface area contributed by atoms with Crippen molar-refractivity contribution in [2.24, 2.45) is 0 Å². The van der Waals surface area contributed by atoms with Crippen LogP contribution in [0.2, 0.25) is 0 Å². The van der Waals surface area contributed by atoms with Crippen molar-refractivity contribution in [3.8, 4) is 5.75 Å². The molecule has 1 aliphatic carbocycles. The number of hydrogen-bond acceptors (Lipinski definition) is 5. The molecular weight excluding hydrogens is 281 g/mol. The maximum absolute atomic E-state index is 11.5. The molecule has 1 saturated carbocycles. The summed E-state index contributed by atoms with van der Waals surface area (Å²) in [5, 5.41) is 43.2. The molecule has 1 aromatic rings. The molecule has 0 bridgehead atoms. The van der Waals surface area contributed by atoms with Gasteiger partial charge in [0.05, 0.1) is 0 Å². The maximum atomic E-state index is 11.5. The first-order chi connectivity index (χ1) is 10.1. The molecule has 2 rings (SSSR count). The van der Waals surface area contributed by atoms with E-state index in [0.717, 1.165) is 19.3 Å². The molecule has 0 aliphatic heterocycles. The molecule has 1 fully saturated rings. The minimum atomic E-state index is -1.86. The normalized spacial score (nSPS) is 23.7. The van der Waals surface area contributed by atoms with Crippen LogP contribution in [0.1, 0.15) is 37.7 Å². The monoisotopic (exact) mass is 307 g/mol. The summed E-state index contributed by atoms with van der Waals surface area (Å²) in [6, 6.07) is 6.02. The zero-order valence-electron chi connectivity index (χ0n) is 13.6. The van der Waals surface area contributed by atoms with Crippen LogP contribution in [-0.4, -0.2) is 58.5 Å². The van der Waals surface area contributed by atoms with E-state index in [2.05, 4.69) is 0 Å². The van der Waals surface area contributed by atoms with E-state index in [1.54, 1.807) is 26.2 Å². The predicted molar refractivity (Wildman–Crippen MR) is 87.2 cm³/mol. The predicted octanol–water partition coefficient (Wildman–Crippen LogP) is 0.116. The molecule has 2 unspecified atom stereocenters. The zero-order valence-corrected chi connectivity index (χ0v) is 13.6. The lowest BCUT2D eigenvalue weighted by atomic mass is 9.59. The number of likely N-dealkylation sites (N-methyl/N-ethyl adjacent to an activating group) is 1. The summed E-state index contributed by atoms with van der Waals surface area (Å²) in [5.41, 5.74) is -4.56. The fourth-order valence-corrected chi connectivity index (χ4v) is 3.51. The lowest BCUT2D eigenvalue weighted by Crippen LogP contribution is -2.71. The number of aliphatic hydroxyl groups is 3. The second kappa shape index (κ2) is 5.85. The summed E-state index contributed by atoms with van der Waals surface area (Å²) in [6.45, 7) is 0. The quantitative estimate of drug-likeness (QED) is 0.469. The van der Waals surface area contributed by atoms with E-state index in [4.69, 9.17) is 0 Å². The molecule has 0 saturated heterocycles. The lowest BCUT2D eigenvalue weighted by molar-refractivity contribution is -0.269. The Morgan fingerprint density at radius 3 is 2.00 bits per heavy atom. The van der Waals surface area contributed by atoms with Crippen molar-refractivity contribution in [2.45, 2.75) is 48.9 Å². The van der Waals surface area contributed by atoms with Crippen LogP contribution in [0.15, 0.2) is 24.3 Å². The first-order valence-corrected chi connectivity index (χ1v) is 7.79. The van der Waals surface area contributed by atoms with Crippen LogP contribution in [0, 0.1) is 0 Å². The van der Waals surface area contributed by atoms with Gasteiger partial charge in [-0.15, -0.1) is 0 Å². The number of rotatable bonds is 4. The van der Waals surface area contributed by atoms with Gasteiger partial charge in [-0.25, -0.2) is 0 Å². The van der Waals surface area contributed by atoms with Crippen molar-refractivity contribution in [3.63, 3.8) is 0 Å². The highest BCUT2D eigenvalue weighted by Gasteiger charge is 2.61. The largest absolute Gasteiger partial charge is 0.508 e. The molecule has 0 aromatic heterocycles. The third kappa shape index (κ3) is 2.54. The van der Waals surface area contributed by atoms with Crippen LogP contribution in [0.25, 0.3) is 0 Å². The molecule has 6 heteroatoms. The molecule has 2 atom stereocenters. The number of phenols is 1. The van der Waals surface area contributed by atoms with Crippen molar-refractivity contribution < 1.29 is 20.4 Å². The first-order valence-electron chi connectivity index (χ1n) is 7.79. The van der Waals surface area contributed by atoms with Crippen molar-refractivity contribution >= 4 is 7.85 Å². The number of hydrogen-bond donors (Lipinski definition) is 4. The van der Waals surface area contributed by atoms with Gasteiger partial charge in [-0.2, -0.15) is 0 Å². The van der Waals surface area contributed by atoms with Gasteiger partial charge in [-0.1, -0.05) is 31.4 Å². The Kier molecular flexibility index (Phi) is 4.60. The second-order valence-corrected chi connectivity index (χ2v) is 6.76. The van der Waals surface area contributed by atoms with Gasteiger partial charge < -0.3 is 20.4 Å². The van der Waals surface area contributed by atoms with E-state index >= 15 is 0 Å². The summed E-state index contributed by atoms with van der Waals surface area (Å²) in [7, 11) is 4.83. The third-order valence-corrected chi connectivity index (χ3v) is 5.20. The molecule has 4 N–H and O–H groups in total. The smallest absolute Gasteiger partial charge is 0.166 e. The van der Waals surface area contributed by atoms with Crippen LogP contribution in [0.4, 0.5) is 0 Å². The van der Waals surface area contributed by atoms with E-state index in [-0.39, 0.29) is 5.75 Å². The Hall–Kier alpha value is -1.08. The molecular formula is C16H26BNO4. The molecule has 0 radical (unpaired) electrons. The summed E-state index contributed by atoms with van der Waals surface area (Å²) < 4.78 is 0. The molecule has 1 aliphatic rings. The van der Waals surface area contributed by atoms with Gasteiger partial charge in [0.25, 0.3) is 0 Å². The standard InChI is InChI=1S/C16H26BNO4/c1-18(2)16(17,22)15(21,12-6-8-13(19)9-7-12)14(20)10-4-3-5-11-14/h6-9,19-22H,3-5,10-11,17H2,1-2H3. The molecule has 22 heavy (non-hydrogen) atoms. The van der Waals surface area contributed by atoms with E-state index in [1.807, 2.05) is 0 Å². The average Bonchev–Trinajstić information content (AvgIpc) is 2.47. The van der Waals surface area contributed by atoms with Crippen LogP contribution >= 0.6 is 0 Å². The third-order valence-electron chi connectivity index (χ3n) is 5.20. The van der Waals surface area contributed by atoms with Crippen LogP contribution < -0.4 is 0 Å². The highest BCUT2D eigenvalue weighted by molar-refractivity contribution is 6.15. The van der Waals surface area contributed by atoms with E-state index in [0.29, 0.717) is 18.4 Å². The SMILES string of the molecule is BC(O)(N(C)C)C(O)(c1ccc(O)cc1)C1(O)CCCCC1. The number of phenolic OH excluding ortho intramolecular Hbond substituents is 1. The molecule has 0 heterocycles. The van der Waals surface area contributed by atoms with Crippen molar-refractivity contribution in [1.29, 1.82) is 0 Å². The molecule has 122 valence electrons. The van der Waals surface area contributed by atoms with Crippen molar-refractivity contribution in [2.75, 3.05) is 14.1 Å². The summed E-state index contributed by atoms with van der Waals surface area (Å²) >= 11 is 0. The van der Waals surface area contributed by atoms with Gasteiger partial charge in [0.15, 0.2) is 13.4 Å². The van der Waals surface area contributed by atoms with Gasteiger partial charge >= 0.3 is 0 Å². The van der Waals surface area contributed by atoms with Crippen molar-refractivity contribution in [1.82, 2.24) is 4.90 Å². The Balaban J connectivity index is 2.60. The number of aromatic hydroxyl groups is 1. The Morgan fingerprint density at radius 1 is 1.05 bits per heavy atom. The van der Waals surface area contributed by atoms with E-state index in [1.165, 1.54) is 24.9 Å². The zero-order chi connectivity index (χ0) is 16.6. The van der Waals surface area contributed by atoms with Crippen LogP contribution in [0.5, 0.6) is 5.75 Å². The van der Waals surface area contributed by atoms with Crippen molar-refractivity contribution in [3.05, 3.63) is 29.8 Å². The minimum Gasteiger partial charge on any atom is -0.508 e. The number of benzene rings is 1. The molecule has 0 amide bonds. The number of nitrogens with zero attached hydrogens (tertiary/aromatic N) is 1. The lowest BCUT2D eigenvalue weighted by Gasteiger charge is -2.55.